The summed E-state index contributed by atoms with van der Waals surface area (Å²) in [6.07, 6.45) is 1.76. The van der Waals surface area contributed by atoms with E-state index in [1.54, 1.807) is 6.26 Å². The third-order valence-electron chi connectivity index (χ3n) is 1.04. The van der Waals surface area contributed by atoms with Gasteiger partial charge in [-0.3, -0.25) is 4.55 Å². The smallest absolute Gasteiger partial charge is 0.269 e. The van der Waals surface area contributed by atoms with Crippen molar-refractivity contribution in [2.75, 3.05) is 18.6 Å². The summed E-state index contributed by atoms with van der Waals surface area (Å²) < 4.78 is 29.3. The standard InChI is InChI=1S/C4H11NO3S2/c1-9-3-4(2-5)10(6,7)8/h4H,2-3,5H2,1H3,(H,6,7,8). The minimum Gasteiger partial charge on any atom is -0.329 e. The van der Waals surface area contributed by atoms with E-state index in [1.165, 1.54) is 11.8 Å². The molecule has 0 rings (SSSR count). The summed E-state index contributed by atoms with van der Waals surface area (Å²) in [5.41, 5.74) is 5.09. The number of nitrogens with two attached hydrogens (primary N) is 1. The fourth-order valence-corrected chi connectivity index (χ4v) is 2.31. The van der Waals surface area contributed by atoms with Gasteiger partial charge in [0.25, 0.3) is 10.1 Å². The van der Waals surface area contributed by atoms with Crippen LogP contribution in [0.3, 0.4) is 0 Å². The Labute approximate surface area is 64.9 Å². The quantitative estimate of drug-likeness (QED) is 0.581. The average molecular weight is 185 g/mol. The van der Waals surface area contributed by atoms with E-state index in [0.29, 0.717) is 5.75 Å². The Morgan fingerprint density at radius 2 is 2.20 bits per heavy atom. The van der Waals surface area contributed by atoms with Crippen LogP contribution in [-0.4, -0.2) is 36.8 Å². The number of hydrogen-bond acceptors (Lipinski definition) is 4. The van der Waals surface area contributed by atoms with Crippen LogP contribution in [0.2, 0.25) is 0 Å². The fraction of sp³-hybridized carbons (Fsp3) is 1.00. The van der Waals surface area contributed by atoms with Crippen LogP contribution in [-0.2, 0) is 10.1 Å². The second kappa shape index (κ2) is 4.17. The lowest BCUT2D eigenvalue weighted by Gasteiger charge is -2.07. The van der Waals surface area contributed by atoms with Crippen LogP contribution < -0.4 is 5.73 Å². The summed E-state index contributed by atoms with van der Waals surface area (Å²) in [4.78, 5) is 0. The maximum atomic E-state index is 10.4. The van der Waals surface area contributed by atoms with Crippen molar-refractivity contribution in [3.8, 4) is 0 Å². The van der Waals surface area contributed by atoms with Gasteiger partial charge >= 0.3 is 0 Å². The van der Waals surface area contributed by atoms with Crippen molar-refractivity contribution in [2.45, 2.75) is 5.25 Å². The summed E-state index contributed by atoms with van der Waals surface area (Å²) >= 11 is 1.34. The van der Waals surface area contributed by atoms with E-state index < -0.39 is 15.4 Å². The van der Waals surface area contributed by atoms with E-state index in [2.05, 4.69) is 0 Å². The van der Waals surface area contributed by atoms with Gasteiger partial charge in [-0.15, -0.1) is 0 Å². The molecule has 0 amide bonds. The fourth-order valence-electron chi connectivity index (χ4n) is 0.462. The molecule has 10 heavy (non-hydrogen) atoms. The molecule has 0 fully saturated rings. The van der Waals surface area contributed by atoms with Crippen LogP contribution in [0.25, 0.3) is 0 Å². The minimum absolute atomic E-state index is 0.0281. The molecular formula is C4H11NO3S2. The van der Waals surface area contributed by atoms with Gasteiger partial charge in [0, 0.05) is 12.3 Å². The van der Waals surface area contributed by atoms with Crippen LogP contribution in [0.1, 0.15) is 0 Å². The zero-order valence-electron chi connectivity index (χ0n) is 5.65. The van der Waals surface area contributed by atoms with E-state index in [9.17, 15) is 8.42 Å². The largest absolute Gasteiger partial charge is 0.329 e. The first-order valence-corrected chi connectivity index (χ1v) is 5.57. The van der Waals surface area contributed by atoms with Crippen molar-refractivity contribution < 1.29 is 13.0 Å². The normalized spacial score (nSPS) is 15.1. The molecule has 0 spiro atoms. The molecule has 1 atom stereocenters. The molecular weight excluding hydrogens is 174 g/mol. The molecule has 0 saturated heterocycles. The van der Waals surface area contributed by atoms with Crippen LogP contribution in [0, 0.1) is 0 Å². The Balaban J connectivity index is 4.08. The van der Waals surface area contributed by atoms with Gasteiger partial charge in [0.1, 0.15) is 5.25 Å². The van der Waals surface area contributed by atoms with Crippen molar-refractivity contribution in [3.05, 3.63) is 0 Å². The molecule has 1 unspecified atom stereocenters. The van der Waals surface area contributed by atoms with E-state index in [1.807, 2.05) is 0 Å². The van der Waals surface area contributed by atoms with Gasteiger partial charge in [-0.25, -0.2) is 0 Å². The van der Waals surface area contributed by atoms with E-state index in [4.69, 9.17) is 10.3 Å². The monoisotopic (exact) mass is 185 g/mol. The molecule has 3 N–H and O–H groups in total. The van der Waals surface area contributed by atoms with E-state index in [0.717, 1.165) is 0 Å². The summed E-state index contributed by atoms with van der Waals surface area (Å²) in [7, 11) is -3.92. The van der Waals surface area contributed by atoms with Crippen LogP contribution in [0.4, 0.5) is 0 Å². The molecule has 0 aromatic heterocycles. The predicted octanol–water partition coefficient (Wildman–Crippen LogP) is -0.436. The Hall–Kier alpha value is 0.220. The van der Waals surface area contributed by atoms with Crippen molar-refractivity contribution in [3.63, 3.8) is 0 Å². The van der Waals surface area contributed by atoms with Crippen molar-refractivity contribution in [1.29, 1.82) is 0 Å². The lowest BCUT2D eigenvalue weighted by Crippen LogP contribution is -2.31. The maximum Gasteiger partial charge on any atom is 0.269 e. The summed E-state index contributed by atoms with van der Waals surface area (Å²) in [6.45, 7) is -0.0281. The van der Waals surface area contributed by atoms with Crippen molar-refractivity contribution >= 4 is 21.9 Å². The highest BCUT2D eigenvalue weighted by molar-refractivity contribution is 7.99. The zero-order valence-corrected chi connectivity index (χ0v) is 7.28. The molecule has 62 valence electrons. The first-order valence-electron chi connectivity index (χ1n) is 2.67. The molecule has 4 nitrogen and oxygen atoms in total. The Morgan fingerprint density at radius 1 is 1.70 bits per heavy atom. The molecule has 0 saturated carbocycles. The molecule has 0 aromatic carbocycles. The predicted molar refractivity (Wildman–Crippen MR) is 42.8 cm³/mol. The van der Waals surface area contributed by atoms with E-state index in [-0.39, 0.29) is 6.54 Å². The number of thioether (sulfide) groups is 1. The van der Waals surface area contributed by atoms with Crippen LogP contribution >= 0.6 is 11.8 Å². The minimum atomic E-state index is -3.92. The molecule has 0 aliphatic heterocycles. The van der Waals surface area contributed by atoms with Gasteiger partial charge in [0.15, 0.2) is 0 Å². The van der Waals surface area contributed by atoms with Crippen LogP contribution in [0.5, 0.6) is 0 Å². The number of hydrogen-bond donors (Lipinski definition) is 2. The number of rotatable bonds is 4. The Bertz CT molecular complexity index is 177. The second-order valence-electron chi connectivity index (χ2n) is 1.83. The molecule has 0 aromatic rings. The first-order chi connectivity index (χ1) is 4.52. The average Bonchev–Trinajstić information content (AvgIpc) is 1.80. The topological polar surface area (TPSA) is 80.4 Å². The molecule has 6 heteroatoms. The van der Waals surface area contributed by atoms with Gasteiger partial charge in [-0.2, -0.15) is 20.2 Å². The van der Waals surface area contributed by atoms with E-state index >= 15 is 0 Å². The molecule has 0 aliphatic carbocycles. The summed E-state index contributed by atoms with van der Waals surface area (Å²) in [5, 5.41) is -0.817. The Morgan fingerprint density at radius 3 is 2.30 bits per heavy atom. The lowest BCUT2D eigenvalue weighted by molar-refractivity contribution is 0.472. The molecule has 0 bridgehead atoms. The highest BCUT2D eigenvalue weighted by Gasteiger charge is 2.19. The van der Waals surface area contributed by atoms with Gasteiger partial charge in [0.05, 0.1) is 0 Å². The second-order valence-corrected chi connectivity index (χ2v) is 4.44. The highest BCUT2D eigenvalue weighted by Crippen LogP contribution is 2.03. The molecule has 0 aliphatic rings. The van der Waals surface area contributed by atoms with Crippen molar-refractivity contribution in [1.82, 2.24) is 0 Å². The third kappa shape index (κ3) is 3.40. The van der Waals surface area contributed by atoms with Crippen LogP contribution in [0.15, 0.2) is 0 Å². The SMILES string of the molecule is CSCC(CN)S(=O)(=O)O. The Kier molecular flexibility index (Phi) is 4.26. The molecule has 0 radical (unpaired) electrons. The van der Waals surface area contributed by atoms with Gasteiger partial charge in [-0.05, 0) is 6.26 Å². The first kappa shape index (κ1) is 10.2. The third-order valence-corrected chi connectivity index (χ3v) is 3.18. The summed E-state index contributed by atoms with van der Waals surface area (Å²) in [5.74, 6) is 0.343. The van der Waals surface area contributed by atoms with Gasteiger partial charge in [0.2, 0.25) is 0 Å². The summed E-state index contributed by atoms with van der Waals surface area (Å²) in [6, 6.07) is 0. The zero-order chi connectivity index (χ0) is 8.20. The molecule has 0 heterocycles. The van der Waals surface area contributed by atoms with Gasteiger partial charge in [-0.1, -0.05) is 0 Å². The maximum absolute atomic E-state index is 10.4. The van der Waals surface area contributed by atoms with Gasteiger partial charge < -0.3 is 5.73 Å². The lowest BCUT2D eigenvalue weighted by atomic mass is 10.5. The highest BCUT2D eigenvalue weighted by atomic mass is 32.2. The van der Waals surface area contributed by atoms with Crippen molar-refractivity contribution in [2.24, 2.45) is 5.73 Å².